The predicted molar refractivity (Wildman–Crippen MR) is 281 cm³/mol. The highest BCUT2D eigenvalue weighted by Crippen LogP contribution is 2.23. The van der Waals surface area contributed by atoms with E-state index < -0.39 is 49.5 Å². The van der Waals surface area contributed by atoms with E-state index >= 15 is 0 Å². The maximum atomic E-state index is 12.8. The minimum atomic E-state index is -1.55. The summed E-state index contributed by atoms with van der Waals surface area (Å²) in [6, 6.07) is -0.709. The van der Waals surface area contributed by atoms with Crippen molar-refractivity contribution in [3.8, 4) is 0 Å². The zero-order valence-corrected chi connectivity index (χ0v) is 44.4. The fourth-order valence-electron chi connectivity index (χ4n) is 9.99. The third kappa shape index (κ3) is 38.5. The Bertz CT molecular complexity index is 1020. The molecule has 0 aliphatic carbocycles. The Morgan fingerprint density at radius 3 is 1.06 bits per heavy atom. The van der Waals surface area contributed by atoms with E-state index in [1.807, 2.05) is 0 Å². The quantitative estimate of drug-likeness (QED) is 0.0330. The summed E-state index contributed by atoms with van der Waals surface area (Å²) >= 11 is 0. The number of hydrogen-bond acceptors (Lipinski definition) is 8. The average Bonchev–Trinajstić information content (AvgIpc) is 3.33. The number of aliphatic hydroxyl groups is 5. The highest BCUT2D eigenvalue weighted by atomic mass is 16.7. The van der Waals surface area contributed by atoms with Gasteiger partial charge in [-0.1, -0.05) is 290 Å². The second kappa shape index (κ2) is 48.8. The molecular weight excluding hydrogens is 839 g/mol. The average molecular weight is 955 g/mol. The third-order valence-electron chi connectivity index (χ3n) is 14.7. The van der Waals surface area contributed by atoms with Crippen LogP contribution in [0.15, 0.2) is 0 Å². The van der Waals surface area contributed by atoms with Crippen LogP contribution >= 0.6 is 0 Å². The Labute approximate surface area is 414 Å². The second-order valence-corrected chi connectivity index (χ2v) is 21.2. The first-order valence-electron chi connectivity index (χ1n) is 29.7. The number of amides is 1. The van der Waals surface area contributed by atoms with Crippen LogP contribution in [0.5, 0.6) is 0 Å². The van der Waals surface area contributed by atoms with Gasteiger partial charge >= 0.3 is 0 Å². The molecule has 1 fully saturated rings. The molecule has 0 aromatic rings. The zero-order valence-electron chi connectivity index (χ0n) is 44.4. The molecule has 0 spiro atoms. The number of nitrogens with one attached hydrogen (secondary N) is 1. The molecule has 0 saturated carbocycles. The molecule has 67 heavy (non-hydrogen) atoms. The Morgan fingerprint density at radius 1 is 0.448 bits per heavy atom. The van der Waals surface area contributed by atoms with Gasteiger partial charge in [-0.2, -0.15) is 0 Å². The van der Waals surface area contributed by atoms with E-state index in [0.717, 1.165) is 38.5 Å². The number of unbranched alkanes of at least 4 members (excludes halogenated alkanes) is 42. The Balaban J connectivity index is 1.84. The van der Waals surface area contributed by atoms with Crippen molar-refractivity contribution in [2.24, 2.45) is 0 Å². The van der Waals surface area contributed by atoms with E-state index in [4.69, 9.17) is 9.47 Å². The van der Waals surface area contributed by atoms with E-state index in [1.165, 1.54) is 244 Å². The molecule has 1 saturated heterocycles. The van der Waals surface area contributed by atoms with Crippen LogP contribution in [0.3, 0.4) is 0 Å². The predicted octanol–water partition coefficient (Wildman–Crippen LogP) is 14.6. The van der Waals surface area contributed by atoms with Crippen LogP contribution < -0.4 is 5.32 Å². The first kappa shape index (κ1) is 64.2. The normalized spacial score (nSPS) is 19.5. The SMILES string of the molecule is CCCCCCCCCCCCCCCCCCCCCCCCCCCCCCCCCCCCCCCCCCCC(=O)NC(COC1OC(CO)C(O)C(O)C1O)C(O)CCCCC. The summed E-state index contributed by atoms with van der Waals surface area (Å²) in [5.74, 6) is -0.149. The molecular formula is C58H115NO8. The standard InChI is InChI=1S/C58H115NO8/c1-3-5-7-8-9-10-11-12-13-14-15-16-17-18-19-20-21-22-23-24-25-26-27-28-29-30-31-32-33-34-35-36-37-38-39-40-41-42-43-44-46-48-54(62)59-51(52(61)47-45-6-4-2)50-66-58-57(65)56(64)55(63)53(49-60)67-58/h51-53,55-58,60-61,63-65H,3-50H2,1-2H3,(H,59,62). The summed E-state index contributed by atoms with van der Waals surface area (Å²) in [5.41, 5.74) is 0. The van der Waals surface area contributed by atoms with Crippen LogP contribution in [-0.2, 0) is 14.3 Å². The molecule has 0 aromatic heterocycles. The molecule has 9 heteroatoms. The number of aliphatic hydroxyl groups excluding tert-OH is 5. The minimum Gasteiger partial charge on any atom is -0.394 e. The topological polar surface area (TPSA) is 149 Å². The first-order valence-corrected chi connectivity index (χ1v) is 29.7. The van der Waals surface area contributed by atoms with Crippen molar-refractivity contribution in [1.29, 1.82) is 0 Å². The van der Waals surface area contributed by atoms with Crippen molar-refractivity contribution in [3.63, 3.8) is 0 Å². The van der Waals surface area contributed by atoms with Gasteiger partial charge in [0.25, 0.3) is 0 Å². The first-order chi connectivity index (χ1) is 32.8. The number of carbonyl (C=O) groups is 1. The van der Waals surface area contributed by atoms with E-state index in [2.05, 4.69) is 19.2 Å². The Hall–Kier alpha value is -0.810. The van der Waals surface area contributed by atoms with E-state index in [-0.39, 0.29) is 12.5 Å². The van der Waals surface area contributed by atoms with Gasteiger partial charge in [-0.3, -0.25) is 4.79 Å². The number of hydrogen-bond donors (Lipinski definition) is 6. The lowest BCUT2D eigenvalue weighted by atomic mass is 9.99. The lowest BCUT2D eigenvalue weighted by Crippen LogP contribution is -2.60. The molecule has 1 aliphatic rings. The molecule has 0 aromatic carbocycles. The van der Waals surface area contributed by atoms with Gasteiger partial charge in [0.1, 0.15) is 24.4 Å². The van der Waals surface area contributed by atoms with Gasteiger partial charge in [-0.05, 0) is 12.8 Å². The van der Waals surface area contributed by atoms with Gasteiger partial charge in [0.05, 0.1) is 25.4 Å². The van der Waals surface area contributed by atoms with Gasteiger partial charge in [0.15, 0.2) is 6.29 Å². The summed E-state index contributed by atoms with van der Waals surface area (Å²) in [7, 11) is 0. The fourth-order valence-corrected chi connectivity index (χ4v) is 9.99. The van der Waals surface area contributed by atoms with Crippen molar-refractivity contribution in [1.82, 2.24) is 5.32 Å². The van der Waals surface area contributed by atoms with Crippen LogP contribution in [0, 0.1) is 0 Å². The molecule has 0 radical (unpaired) electrons. The largest absolute Gasteiger partial charge is 0.394 e. The van der Waals surface area contributed by atoms with Gasteiger partial charge < -0.3 is 40.3 Å². The lowest BCUT2D eigenvalue weighted by Gasteiger charge is -2.40. The van der Waals surface area contributed by atoms with E-state index in [1.54, 1.807) is 0 Å². The number of rotatable bonds is 52. The molecule has 9 nitrogen and oxygen atoms in total. The van der Waals surface area contributed by atoms with Crippen molar-refractivity contribution in [2.75, 3.05) is 13.2 Å². The molecule has 0 bridgehead atoms. The van der Waals surface area contributed by atoms with Crippen LogP contribution in [0.25, 0.3) is 0 Å². The molecule has 7 atom stereocenters. The number of ether oxygens (including phenoxy) is 2. The summed E-state index contributed by atoms with van der Waals surface area (Å²) in [6.07, 6.45) is 53.0. The minimum absolute atomic E-state index is 0.137. The molecule has 7 unspecified atom stereocenters. The van der Waals surface area contributed by atoms with Crippen molar-refractivity contribution in [2.45, 2.75) is 352 Å². The van der Waals surface area contributed by atoms with Crippen LogP contribution in [-0.4, -0.2) is 87.5 Å². The van der Waals surface area contributed by atoms with E-state index in [9.17, 15) is 30.3 Å². The van der Waals surface area contributed by atoms with Gasteiger partial charge in [-0.15, -0.1) is 0 Å². The molecule has 1 amide bonds. The molecule has 6 N–H and O–H groups in total. The smallest absolute Gasteiger partial charge is 0.220 e. The van der Waals surface area contributed by atoms with Crippen LogP contribution in [0.2, 0.25) is 0 Å². The maximum Gasteiger partial charge on any atom is 0.220 e. The molecule has 1 aliphatic heterocycles. The Kier molecular flexibility index (Phi) is 46.8. The zero-order chi connectivity index (χ0) is 48.7. The maximum absolute atomic E-state index is 12.8. The molecule has 1 rings (SSSR count). The van der Waals surface area contributed by atoms with Crippen LogP contribution in [0.4, 0.5) is 0 Å². The Morgan fingerprint density at radius 2 is 0.746 bits per heavy atom. The lowest BCUT2D eigenvalue weighted by molar-refractivity contribution is -0.302. The molecule has 1 heterocycles. The summed E-state index contributed by atoms with van der Waals surface area (Å²) in [5, 5.41) is 53.7. The van der Waals surface area contributed by atoms with E-state index in [0.29, 0.717) is 12.8 Å². The summed E-state index contributed by atoms with van der Waals surface area (Å²) in [4.78, 5) is 12.8. The van der Waals surface area contributed by atoms with Crippen molar-refractivity contribution >= 4 is 5.91 Å². The third-order valence-corrected chi connectivity index (χ3v) is 14.7. The van der Waals surface area contributed by atoms with Crippen LogP contribution in [0.1, 0.15) is 309 Å². The highest BCUT2D eigenvalue weighted by Gasteiger charge is 2.44. The summed E-state index contributed by atoms with van der Waals surface area (Å²) < 4.78 is 11.1. The summed E-state index contributed by atoms with van der Waals surface area (Å²) in [6.45, 7) is 3.70. The van der Waals surface area contributed by atoms with Gasteiger partial charge in [0.2, 0.25) is 5.91 Å². The van der Waals surface area contributed by atoms with Gasteiger partial charge in [0, 0.05) is 6.42 Å². The second-order valence-electron chi connectivity index (χ2n) is 21.2. The highest BCUT2D eigenvalue weighted by molar-refractivity contribution is 5.76. The number of carbonyl (C=O) groups excluding carboxylic acids is 1. The van der Waals surface area contributed by atoms with Crippen molar-refractivity contribution < 1.29 is 39.8 Å². The fraction of sp³-hybridized carbons (Fsp3) is 0.983. The van der Waals surface area contributed by atoms with Gasteiger partial charge in [-0.25, -0.2) is 0 Å². The van der Waals surface area contributed by atoms with Crippen molar-refractivity contribution in [3.05, 3.63) is 0 Å². The molecule has 400 valence electrons. The monoisotopic (exact) mass is 954 g/mol.